The first kappa shape index (κ1) is 18.3. The number of rotatable bonds is 6. The van der Waals surface area contributed by atoms with Gasteiger partial charge < -0.3 is 14.8 Å². The molecule has 2 aromatic rings. The van der Waals surface area contributed by atoms with Crippen molar-refractivity contribution in [1.29, 1.82) is 0 Å². The number of amides is 1. The number of aryl methyl sites for hydroxylation is 2. The third-order valence-corrected chi connectivity index (χ3v) is 4.87. The van der Waals surface area contributed by atoms with Crippen LogP contribution in [0.5, 0.6) is 11.5 Å². The summed E-state index contributed by atoms with van der Waals surface area (Å²) in [5.74, 6) is 1.49. The molecular formula is C22H27NO3. The standard InChI is InChI=1S/C22H27NO3/c1-4-15-8-7-9-16(5-2)21(15)23-22(24)18-12-17-13-19(25-6-3)10-11-20(17)26-14-18/h7-11,13,18H,4-6,12,14H2,1-3H3,(H,23,24). The highest BCUT2D eigenvalue weighted by atomic mass is 16.5. The zero-order valence-corrected chi connectivity index (χ0v) is 15.8. The summed E-state index contributed by atoms with van der Waals surface area (Å²) >= 11 is 0. The first-order valence-electron chi connectivity index (χ1n) is 9.46. The quantitative estimate of drug-likeness (QED) is 0.837. The second-order valence-electron chi connectivity index (χ2n) is 6.56. The van der Waals surface area contributed by atoms with E-state index in [4.69, 9.17) is 9.47 Å². The van der Waals surface area contributed by atoms with Crippen LogP contribution in [0.15, 0.2) is 36.4 Å². The molecule has 0 saturated heterocycles. The lowest BCUT2D eigenvalue weighted by atomic mass is 9.95. The van der Waals surface area contributed by atoms with E-state index in [0.29, 0.717) is 19.6 Å². The molecule has 1 amide bonds. The minimum atomic E-state index is -0.200. The maximum absolute atomic E-state index is 12.9. The highest BCUT2D eigenvalue weighted by Gasteiger charge is 2.27. The highest BCUT2D eigenvalue weighted by Crippen LogP contribution is 2.32. The van der Waals surface area contributed by atoms with Crippen molar-refractivity contribution in [2.45, 2.75) is 40.0 Å². The fraction of sp³-hybridized carbons (Fsp3) is 0.409. The molecular weight excluding hydrogens is 326 g/mol. The van der Waals surface area contributed by atoms with Gasteiger partial charge in [0.2, 0.25) is 5.91 Å². The van der Waals surface area contributed by atoms with Crippen molar-refractivity contribution in [1.82, 2.24) is 0 Å². The molecule has 1 N–H and O–H groups in total. The van der Waals surface area contributed by atoms with Crippen LogP contribution in [0, 0.1) is 5.92 Å². The Balaban J connectivity index is 1.77. The number of benzene rings is 2. The Kier molecular flexibility index (Phi) is 5.82. The monoisotopic (exact) mass is 353 g/mol. The van der Waals surface area contributed by atoms with Crippen LogP contribution >= 0.6 is 0 Å². The van der Waals surface area contributed by atoms with E-state index in [0.717, 1.165) is 35.6 Å². The van der Waals surface area contributed by atoms with E-state index < -0.39 is 0 Å². The van der Waals surface area contributed by atoms with Gasteiger partial charge >= 0.3 is 0 Å². The Hall–Kier alpha value is -2.49. The van der Waals surface area contributed by atoms with Gasteiger partial charge in [0, 0.05) is 5.69 Å². The average Bonchev–Trinajstić information content (AvgIpc) is 2.67. The third kappa shape index (κ3) is 3.85. The summed E-state index contributed by atoms with van der Waals surface area (Å²) < 4.78 is 11.4. The first-order valence-corrected chi connectivity index (χ1v) is 9.46. The van der Waals surface area contributed by atoms with Gasteiger partial charge in [-0.15, -0.1) is 0 Å². The lowest BCUT2D eigenvalue weighted by Crippen LogP contribution is -2.33. The fourth-order valence-electron chi connectivity index (χ4n) is 3.42. The van der Waals surface area contributed by atoms with Crippen LogP contribution in [0.4, 0.5) is 5.69 Å². The molecule has 2 aromatic carbocycles. The van der Waals surface area contributed by atoms with Crippen LogP contribution in [0.25, 0.3) is 0 Å². The van der Waals surface area contributed by atoms with Crippen molar-refractivity contribution in [3.05, 3.63) is 53.1 Å². The van der Waals surface area contributed by atoms with Gasteiger partial charge in [-0.25, -0.2) is 0 Å². The van der Waals surface area contributed by atoms with Crippen LogP contribution in [0.3, 0.4) is 0 Å². The minimum Gasteiger partial charge on any atom is -0.494 e. The summed E-state index contributed by atoms with van der Waals surface area (Å²) in [6, 6.07) is 12.0. The van der Waals surface area contributed by atoms with Gasteiger partial charge in [-0.2, -0.15) is 0 Å². The molecule has 1 aliphatic heterocycles. The molecule has 1 aliphatic rings. The lowest BCUT2D eigenvalue weighted by molar-refractivity contribution is -0.121. The molecule has 3 rings (SSSR count). The number of hydrogen-bond acceptors (Lipinski definition) is 3. The van der Waals surface area contributed by atoms with Gasteiger partial charge in [0.05, 0.1) is 12.5 Å². The van der Waals surface area contributed by atoms with Crippen molar-refractivity contribution >= 4 is 11.6 Å². The zero-order chi connectivity index (χ0) is 18.5. The van der Waals surface area contributed by atoms with Crippen LogP contribution in [-0.2, 0) is 24.1 Å². The number of anilines is 1. The predicted octanol–water partition coefficient (Wildman–Crippen LogP) is 4.40. The number of carbonyl (C=O) groups excluding carboxylic acids is 1. The van der Waals surface area contributed by atoms with Crippen LogP contribution in [0.2, 0.25) is 0 Å². The van der Waals surface area contributed by atoms with Crippen molar-refractivity contribution < 1.29 is 14.3 Å². The van der Waals surface area contributed by atoms with Gasteiger partial charge in [-0.1, -0.05) is 32.0 Å². The maximum Gasteiger partial charge on any atom is 0.231 e. The number of hydrogen-bond donors (Lipinski definition) is 1. The van der Waals surface area contributed by atoms with E-state index >= 15 is 0 Å². The second-order valence-corrected chi connectivity index (χ2v) is 6.56. The molecule has 0 spiro atoms. The Morgan fingerprint density at radius 2 is 1.88 bits per heavy atom. The Morgan fingerprint density at radius 1 is 1.15 bits per heavy atom. The minimum absolute atomic E-state index is 0.0214. The molecule has 1 heterocycles. The van der Waals surface area contributed by atoms with E-state index in [-0.39, 0.29) is 11.8 Å². The van der Waals surface area contributed by atoms with Gasteiger partial charge in [0.1, 0.15) is 18.1 Å². The first-order chi connectivity index (χ1) is 12.7. The second kappa shape index (κ2) is 8.26. The molecule has 0 fully saturated rings. The van der Waals surface area contributed by atoms with Crippen LogP contribution in [0.1, 0.15) is 37.5 Å². The van der Waals surface area contributed by atoms with Crippen molar-refractivity contribution in [2.75, 3.05) is 18.5 Å². The number of ether oxygens (including phenoxy) is 2. The van der Waals surface area contributed by atoms with Crippen LogP contribution in [-0.4, -0.2) is 19.1 Å². The van der Waals surface area contributed by atoms with Gasteiger partial charge in [-0.3, -0.25) is 4.79 Å². The molecule has 0 saturated carbocycles. The zero-order valence-electron chi connectivity index (χ0n) is 15.8. The molecule has 0 radical (unpaired) electrons. The van der Waals surface area contributed by atoms with Gasteiger partial charge in [-0.05, 0) is 61.1 Å². The van der Waals surface area contributed by atoms with E-state index in [9.17, 15) is 4.79 Å². The Labute approximate surface area is 155 Å². The summed E-state index contributed by atoms with van der Waals surface area (Å²) in [7, 11) is 0. The number of para-hydroxylation sites is 1. The van der Waals surface area contributed by atoms with E-state index in [2.05, 4.69) is 37.4 Å². The molecule has 0 aliphatic carbocycles. The third-order valence-electron chi connectivity index (χ3n) is 4.87. The Morgan fingerprint density at radius 3 is 2.54 bits per heavy atom. The number of carbonyl (C=O) groups is 1. The average molecular weight is 353 g/mol. The molecule has 4 heteroatoms. The van der Waals surface area contributed by atoms with Gasteiger partial charge in [0.15, 0.2) is 0 Å². The summed E-state index contributed by atoms with van der Waals surface area (Å²) in [4.78, 5) is 12.9. The smallest absolute Gasteiger partial charge is 0.231 e. The highest BCUT2D eigenvalue weighted by molar-refractivity contribution is 5.94. The van der Waals surface area contributed by atoms with Crippen molar-refractivity contribution in [3.63, 3.8) is 0 Å². The lowest BCUT2D eigenvalue weighted by Gasteiger charge is -2.26. The molecule has 26 heavy (non-hydrogen) atoms. The van der Waals surface area contributed by atoms with E-state index in [1.807, 2.05) is 25.1 Å². The van der Waals surface area contributed by atoms with E-state index in [1.165, 1.54) is 11.1 Å². The summed E-state index contributed by atoms with van der Waals surface area (Å²) in [6.07, 6.45) is 2.45. The molecule has 1 atom stereocenters. The summed E-state index contributed by atoms with van der Waals surface area (Å²) in [5, 5.41) is 3.17. The van der Waals surface area contributed by atoms with Crippen LogP contribution < -0.4 is 14.8 Å². The summed E-state index contributed by atoms with van der Waals surface area (Å²) in [5.41, 5.74) is 4.35. The topological polar surface area (TPSA) is 47.6 Å². The van der Waals surface area contributed by atoms with E-state index in [1.54, 1.807) is 0 Å². The Bertz CT molecular complexity index is 763. The van der Waals surface area contributed by atoms with Crippen molar-refractivity contribution in [2.24, 2.45) is 5.92 Å². The molecule has 0 bridgehead atoms. The predicted molar refractivity (Wildman–Crippen MR) is 104 cm³/mol. The molecule has 4 nitrogen and oxygen atoms in total. The number of fused-ring (bicyclic) bond motifs is 1. The largest absolute Gasteiger partial charge is 0.494 e. The maximum atomic E-state index is 12.9. The van der Waals surface area contributed by atoms with Crippen molar-refractivity contribution in [3.8, 4) is 11.5 Å². The fourth-order valence-corrected chi connectivity index (χ4v) is 3.42. The van der Waals surface area contributed by atoms with Gasteiger partial charge in [0.25, 0.3) is 0 Å². The summed E-state index contributed by atoms with van der Waals surface area (Å²) in [6.45, 7) is 7.21. The SMILES string of the molecule is CCOc1ccc2c(c1)CC(C(=O)Nc1c(CC)cccc1CC)CO2. The normalized spacial score (nSPS) is 15.7. The molecule has 0 aromatic heterocycles. The molecule has 1 unspecified atom stereocenters. The molecule has 138 valence electrons. The number of nitrogens with one attached hydrogen (secondary N) is 1.